The summed E-state index contributed by atoms with van der Waals surface area (Å²) in [5.74, 6) is -0.832. The minimum Gasteiger partial charge on any atom is -0.345 e. The smallest absolute Gasteiger partial charge is 0.263 e. The van der Waals surface area contributed by atoms with Crippen molar-refractivity contribution in [2.24, 2.45) is 0 Å². The van der Waals surface area contributed by atoms with Crippen LogP contribution in [0.5, 0.6) is 0 Å². The number of para-hydroxylation sites is 1. The average molecular weight is 414 g/mol. The van der Waals surface area contributed by atoms with Crippen molar-refractivity contribution in [3.63, 3.8) is 0 Å². The molecule has 4 nitrogen and oxygen atoms in total. The van der Waals surface area contributed by atoms with Crippen molar-refractivity contribution in [1.82, 2.24) is 9.88 Å². The molecule has 1 aromatic heterocycles. The first-order valence-electron chi connectivity index (χ1n) is 10.3. The topological polar surface area (TPSA) is 51.1 Å². The van der Waals surface area contributed by atoms with Crippen molar-refractivity contribution < 1.29 is 9.18 Å². The van der Waals surface area contributed by atoms with E-state index in [1.807, 2.05) is 67.6 Å². The molecule has 1 atom stereocenters. The van der Waals surface area contributed by atoms with Gasteiger partial charge < -0.3 is 5.32 Å². The van der Waals surface area contributed by atoms with E-state index < -0.39 is 5.82 Å². The number of hydrogen-bond donors (Lipinski definition) is 1. The SMILES string of the molecule is CC[C@H](NC(=O)c1c(C)n(-c2ccccc2)c(=O)c2ccc(F)cc12)c1ccccc1. The van der Waals surface area contributed by atoms with E-state index in [4.69, 9.17) is 0 Å². The average Bonchev–Trinajstić information content (AvgIpc) is 2.78. The Morgan fingerprint density at radius 1 is 0.968 bits per heavy atom. The summed E-state index contributed by atoms with van der Waals surface area (Å²) in [6.45, 7) is 3.71. The summed E-state index contributed by atoms with van der Waals surface area (Å²) in [6, 6.07) is 22.6. The Morgan fingerprint density at radius 2 is 1.61 bits per heavy atom. The minimum atomic E-state index is -0.493. The highest BCUT2D eigenvalue weighted by atomic mass is 19.1. The predicted molar refractivity (Wildman–Crippen MR) is 121 cm³/mol. The van der Waals surface area contributed by atoms with Crippen LogP contribution in [0.15, 0.2) is 83.7 Å². The van der Waals surface area contributed by atoms with Gasteiger partial charge in [0.2, 0.25) is 0 Å². The summed E-state index contributed by atoms with van der Waals surface area (Å²) < 4.78 is 15.6. The molecule has 0 saturated heterocycles. The molecule has 0 aliphatic carbocycles. The van der Waals surface area contributed by atoms with E-state index >= 15 is 0 Å². The van der Waals surface area contributed by atoms with E-state index in [0.717, 1.165) is 5.56 Å². The van der Waals surface area contributed by atoms with Gasteiger partial charge in [-0.3, -0.25) is 14.2 Å². The molecule has 0 spiro atoms. The van der Waals surface area contributed by atoms with Crippen LogP contribution in [0.25, 0.3) is 16.5 Å². The second kappa shape index (κ2) is 8.56. The Bertz CT molecular complexity index is 1300. The molecule has 31 heavy (non-hydrogen) atoms. The fourth-order valence-electron chi connectivity index (χ4n) is 4.00. The molecule has 3 aromatic carbocycles. The van der Waals surface area contributed by atoms with Crippen LogP contribution in [0.2, 0.25) is 0 Å². The lowest BCUT2D eigenvalue weighted by molar-refractivity contribution is 0.0936. The quantitative estimate of drug-likeness (QED) is 0.481. The molecule has 0 aliphatic rings. The maximum Gasteiger partial charge on any atom is 0.263 e. The van der Waals surface area contributed by atoms with Crippen LogP contribution in [0, 0.1) is 12.7 Å². The number of hydrogen-bond acceptors (Lipinski definition) is 2. The summed E-state index contributed by atoms with van der Waals surface area (Å²) in [7, 11) is 0. The number of rotatable bonds is 5. The molecular formula is C26H23FN2O2. The van der Waals surface area contributed by atoms with Gasteiger partial charge in [0, 0.05) is 22.2 Å². The third-order valence-corrected chi connectivity index (χ3v) is 5.54. The molecule has 5 heteroatoms. The van der Waals surface area contributed by atoms with Gasteiger partial charge in [-0.2, -0.15) is 0 Å². The number of carbonyl (C=O) groups is 1. The second-order valence-corrected chi connectivity index (χ2v) is 7.47. The molecule has 0 radical (unpaired) electrons. The van der Waals surface area contributed by atoms with Crippen molar-refractivity contribution in [1.29, 1.82) is 0 Å². The van der Waals surface area contributed by atoms with Crippen LogP contribution in [0.4, 0.5) is 4.39 Å². The van der Waals surface area contributed by atoms with E-state index in [2.05, 4.69) is 5.32 Å². The first-order valence-corrected chi connectivity index (χ1v) is 10.3. The first kappa shape index (κ1) is 20.5. The number of amides is 1. The standard InChI is InChI=1S/C26H23FN2O2/c1-3-23(18-10-6-4-7-11-18)28-25(30)24-17(2)29(20-12-8-5-9-13-20)26(31)21-15-14-19(27)16-22(21)24/h4-16,23H,3H2,1-2H3,(H,28,30)/t23-/m0/s1. The molecule has 1 heterocycles. The molecule has 1 N–H and O–H groups in total. The van der Waals surface area contributed by atoms with Crippen molar-refractivity contribution in [3.05, 3.63) is 112 Å². The van der Waals surface area contributed by atoms with Gasteiger partial charge in [0.25, 0.3) is 11.5 Å². The Hall–Kier alpha value is -3.73. The van der Waals surface area contributed by atoms with Crippen molar-refractivity contribution in [2.45, 2.75) is 26.3 Å². The number of pyridine rings is 1. The number of fused-ring (bicyclic) bond motifs is 1. The van der Waals surface area contributed by atoms with Crippen LogP contribution < -0.4 is 10.9 Å². The van der Waals surface area contributed by atoms with E-state index in [1.165, 1.54) is 22.8 Å². The molecule has 0 saturated carbocycles. The van der Waals surface area contributed by atoms with Crippen LogP contribution in [0.3, 0.4) is 0 Å². The molecule has 1 amide bonds. The maximum atomic E-state index is 14.1. The highest BCUT2D eigenvalue weighted by Gasteiger charge is 2.23. The van der Waals surface area contributed by atoms with E-state index in [1.54, 1.807) is 6.92 Å². The lowest BCUT2D eigenvalue weighted by Gasteiger charge is -2.21. The van der Waals surface area contributed by atoms with Crippen LogP contribution >= 0.6 is 0 Å². The van der Waals surface area contributed by atoms with Gasteiger partial charge in [0.05, 0.1) is 11.6 Å². The van der Waals surface area contributed by atoms with Gasteiger partial charge in [-0.05, 0) is 49.2 Å². The zero-order valence-corrected chi connectivity index (χ0v) is 17.4. The zero-order chi connectivity index (χ0) is 22.0. The number of benzene rings is 3. The summed E-state index contributed by atoms with van der Waals surface area (Å²) in [5, 5.41) is 3.69. The van der Waals surface area contributed by atoms with Crippen molar-refractivity contribution in [3.8, 4) is 5.69 Å². The van der Waals surface area contributed by atoms with Crippen LogP contribution in [-0.4, -0.2) is 10.5 Å². The summed E-state index contributed by atoms with van der Waals surface area (Å²) in [5.41, 5.74) is 2.12. The minimum absolute atomic E-state index is 0.200. The van der Waals surface area contributed by atoms with Crippen molar-refractivity contribution >= 4 is 16.7 Å². The largest absolute Gasteiger partial charge is 0.345 e. The molecule has 0 fully saturated rings. The fourth-order valence-corrected chi connectivity index (χ4v) is 4.00. The number of halogens is 1. The number of carbonyl (C=O) groups excluding carboxylic acids is 1. The summed E-state index contributed by atoms with van der Waals surface area (Å²) >= 11 is 0. The normalized spacial score (nSPS) is 12.0. The highest BCUT2D eigenvalue weighted by molar-refractivity contribution is 6.08. The molecular weight excluding hydrogens is 391 g/mol. The Balaban J connectivity index is 1.91. The van der Waals surface area contributed by atoms with Crippen LogP contribution in [-0.2, 0) is 0 Å². The van der Waals surface area contributed by atoms with E-state index in [-0.39, 0.29) is 17.5 Å². The van der Waals surface area contributed by atoms with E-state index in [9.17, 15) is 14.0 Å². The molecule has 4 aromatic rings. The second-order valence-electron chi connectivity index (χ2n) is 7.47. The number of aromatic nitrogens is 1. The van der Waals surface area contributed by atoms with Gasteiger partial charge in [-0.15, -0.1) is 0 Å². The van der Waals surface area contributed by atoms with Crippen molar-refractivity contribution in [2.75, 3.05) is 0 Å². The molecule has 156 valence electrons. The highest BCUT2D eigenvalue weighted by Crippen LogP contribution is 2.25. The van der Waals surface area contributed by atoms with Gasteiger partial charge in [0.15, 0.2) is 0 Å². The van der Waals surface area contributed by atoms with Gasteiger partial charge >= 0.3 is 0 Å². The van der Waals surface area contributed by atoms with Gasteiger partial charge in [-0.1, -0.05) is 55.5 Å². The third kappa shape index (κ3) is 3.87. The predicted octanol–water partition coefficient (Wildman–Crippen LogP) is 5.32. The molecule has 0 aliphatic heterocycles. The number of nitrogens with zero attached hydrogens (tertiary/aromatic N) is 1. The Kier molecular flexibility index (Phi) is 5.67. The Labute approximate surface area is 180 Å². The van der Waals surface area contributed by atoms with Gasteiger partial charge in [0.1, 0.15) is 5.82 Å². The summed E-state index contributed by atoms with van der Waals surface area (Å²) in [4.78, 5) is 26.7. The fraction of sp³-hybridized carbons (Fsp3) is 0.154. The molecule has 0 bridgehead atoms. The maximum absolute atomic E-state index is 14.1. The van der Waals surface area contributed by atoms with Gasteiger partial charge in [-0.25, -0.2) is 4.39 Å². The third-order valence-electron chi connectivity index (χ3n) is 5.54. The summed E-state index contributed by atoms with van der Waals surface area (Å²) in [6.07, 6.45) is 0.694. The zero-order valence-electron chi connectivity index (χ0n) is 17.4. The lowest BCUT2D eigenvalue weighted by Crippen LogP contribution is -2.32. The van der Waals surface area contributed by atoms with E-state index in [0.29, 0.717) is 34.1 Å². The molecule has 0 unspecified atom stereocenters. The first-order chi connectivity index (χ1) is 15.0. The Morgan fingerprint density at radius 3 is 2.26 bits per heavy atom. The lowest BCUT2D eigenvalue weighted by atomic mass is 10.0. The monoisotopic (exact) mass is 414 g/mol. The van der Waals surface area contributed by atoms with Crippen LogP contribution in [0.1, 0.15) is 41.0 Å². The number of nitrogens with one attached hydrogen (secondary N) is 1. The molecule has 4 rings (SSSR count).